The zero-order chi connectivity index (χ0) is 15.4. The lowest BCUT2D eigenvalue weighted by atomic mass is 9.88. The van der Waals surface area contributed by atoms with E-state index in [4.69, 9.17) is 28.9 Å². The summed E-state index contributed by atoms with van der Waals surface area (Å²) in [6.45, 7) is 2.36. The Morgan fingerprint density at radius 3 is 2.10 bits per heavy atom. The molecule has 112 valence electrons. The summed E-state index contributed by atoms with van der Waals surface area (Å²) >= 11 is 12.5. The topological polar surface area (TPSA) is 46.2 Å². The van der Waals surface area contributed by atoms with Gasteiger partial charge in [-0.3, -0.25) is 0 Å². The van der Waals surface area contributed by atoms with Crippen LogP contribution in [0.4, 0.5) is 0 Å². The molecule has 0 aromatic heterocycles. The molecule has 2 unspecified atom stereocenters. The molecule has 2 atom stereocenters. The molecule has 0 aliphatic heterocycles. The average Bonchev–Trinajstić information content (AvgIpc) is 2.50. The van der Waals surface area contributed by atoms with E-state index in [-0.39, 0.29) is 12.5 Å². The van der Waals surface area contributed by atoms with Gasteiger partial charge in [0.25, 0.3) is 0 Å². The van der Waals surface area contributed by atoms with Gasteiger partial charge in [0, 0.05) is 22.5 Å². The summed E-state index contributed by atoms with van der Waals surface area (Å²) in [5, 5.41) is 11.7. The van der Waals surface area contributed by atoms with Crippen LogP contribution >= 0.6 is 23.2 Å². The van der Waals surface area contributed by atoms with Crippen molar-refractivity contribution in [2.45, 2.75) is 25.4 Å². The van der Waals surface area contributed by atoms with Crippen molar-refractivity contribution in [3.63, 3.8) is 0 Å². The molecule has 0 amide bonds. The van der Waals surface area contributed by atoms with Crippen molar-refractivity contribution >= 4 is 23.2 Å². The maximum Gasteiger partial charge on any atom is 0.0871 e. The number of hydrogen-bond acceptors (Lipinski definition) is 2. The summed E-state index contributed by atoms with van der Waals surface area (Å²) in [7, 11) is 0. The van der Waals surface area contributed by atoms with Gasteiger partial charge in [0.1, 0.15) is 0 Å². The number of hydrogen-bond donors (Lipinski definition) is 2. The molecule has 0 aliphatic carbocycles. The molecule has 2 nitrogen and oxygen atoms in total. The van der Waals surface area contributed by atoms with Gasteiger partial charge in [0.2, 0.25) is 0 Å². The minimum Gasteiger partial charge on any atom is -0.388 e. The number of benzene rings is 2. The first-order valence-corrected chi connectivity index (χ1v) is 7.75. The third-order valence-electron chi connectivity index (χ3n) is 3.74. The quantitative estimate of drug-likeness (QED) is 0.860. The van der Waals surface area contributed by atoms with E-state index in [1.807, 2.05) is 24.3 Å². The third kappa shape index (κ3) is 3.58. The summed E-state index contributed by atoms with van der Waals surface area (Å²) in [6, 6.07) is 13.2. The fourth-order valence-corrected chi connectivity index (χ4v) is 3.13. The molecule has 4 heteroatoms. The van der Waals surface area contributed by atoms with Gasteiger partial charge in [-0.1, -0.05) is 60.5 Å². The van der Waals surface area contributed by atoms with Crippen molar-refractivity contribution in [1.29, 1.82) is 0 Å². The normalized spacial score (nSPS) is 14.0. The number of nitrogens with two attached hydrogens (primary N) is 1. The van der Waals surface area contributed by atoms with Crippen LogP contribution in [0.1, 0.15) is 35.6 Å². The first kappa shape index (κ1) is 16.3. The van der Waals surface area contributed by atoms with E-state index < -0.39 is 6.10 Å². The Bertz CT molecular complexity index is 578. The molecule has 0 spiro atoms. The highest BCUT2D eigenvalue weighted by Gasteiger charge is 2.25. The van der Waals surface area contributed by atoms with E-state index in [1.54, 1.807) is 18.2 Å². The van der Waals surface area contributed by atoms with Gasteiger partial charge in [-0.15, -0.1) is 0 Å². The SMILES string of the molecule is CCc1ccc(C(O)C(CN)c2c(Cl)cccc2Cl)cc1. The van der Waals surface area contributed by atoms with Crippen LogP contribution in [0.15, 0.2) is 42.5 Å². The van der Waals surface area contributed by atoms with Crippen LogP contribution in [-0.4, -0.2) is 11.7 Å². The number of aliphatic hydroxyl groups excluding tert-OH is 1. The Kier molecular flexibility index (Phi) is 5.65. The molecule has 0 saturated heterocycles. The Balaban J connectivity index is 2.35. The largest absolute Gasteiger partial charge is 0.388 e. The molecule has 2 rings (SSSR count). The molecule has 3 N–H and O–H groups in total. The highest BCUT2D eigenvalue weighted by atomic mass is 35.5. The van der Waals surface area contributed by atoms with Crippen LogP contribution in [0.25, 0.3) is 0 Å². The van der Waals surface area contributed by atoms with Gasteiger partial charge in [-0.2, -0.15) is 0 Å². The lowest BCUT2D eigenvalue weighted by Gasteiger charge is -2.24. The summed E-state index contributed by atoms with van der Waals surface area (Å²) in [6.07, 6.45) is 0.228. The van der Waals surface area contributed by atoms with Crippen LogP contribution in [0.3, 0.4) is 0 Å². The predicted molar refractivity (Wildman–Crippen MR) is 89.0 cm³/mol. The molecule has 0 bridgehead atoms. The van der Waals surface area contributed by atoms with Gasteiger partial charge in [-0.05, 0) is 35.2 Å². The molecular weight excluding hydrogens is 305 g/mol. The Hall–Kier alpha value is -1.06. The maximum absolute atomic E-state index is 10.6. The van der Waals surface area contributed by atoms with Crippen molar-refractivity contribution in [1.82, 2.24) is 0 Å². The summed E-state index contributed by atoms with van der Waals surface area (Å²) < 4.78 is 0. The number of aliphatic hydroxyl groups is 1. The van der Waals surface area contributed by atoms with E-state index >= 15 is 0 Å². The predicted octanol–water partition coefficient (Wildman–Crippen LogP) is 4.33. The second-order valence-corrected chi connectivity index (χ2v) is 5.83. The summed E-state index contributed by atoms with van der Waals surface area (Å²) in [5.74, 6) is -0.335. The van der Waals surface area contributed by atoms with Crippen LogP contribution in [-0.2, 0) is 6.42 Å². The number of aryl methyl sites for hydroxylation is 1. The molecule has 2 aromatic rings. The molecule has 21 heavy (non-hydrogen) atoms. The minimum atomic E-state index is -0.738. The fraction of sp³-hybridized carbons (Fsp3) is 0.294. The lowest BCUT2D eigenvalue weighted by molar-refractivity contribution is 0.147. The van der Waals surface area contributed by atoms with E-state index in [0.29, 0.717) is 15.6 Å². The molecule has 2 aromatic carbocycles. The molecular formula is C17H19Cl2NO. The molecule has 0 heterocycles. The summed E-state index contributed by atoms with van der Waals surface area (Å²) in [4.78, 5) is 0. The van der Waals surface area contributed by atoms with Crippen molar-refractivity contribution in [3.05, 3.63) is 69.2 Å². The molecule has 0 aliphatic rings. The van der Waals surface area contributed by atoms with Crippen molar-refractivity contribution < 1.29 is 5.11 Å². The van der Waals surface area contributed by atoms with Crippen LogP contribution < -0.4 is 5.73 Å². The van der Waals surface area contributed by atoms with Gasteiger partial charge >= 0.3 is 0 Å². The van der Waals surface area contributed by atoms with Gasteiger partial charge < -0.3 is 10.8 Å². The third-order valence-corrected chi connectivity index (χ3v) is 4.39. The highest BCUT2D eigenvalue weighted by Crippen LogP contribution is 2.38. The lowest BCUT2D eigenvalue weighted by Crippen LogP contribution is -2.21. The van der Waals surface area contributed by atoms with E-state index in [0.717, 1.165) is 12.0 Å². The highest BCUT2D eigenvalue weighted by molar-refractivity contribution is 6.36. The maximum atomic E-state index is 10.6. The smallest absolute Gasteiger partial charge is 0.0871 e. The van der Waals surface area contributed by atoms with Crippen LogP contribution in [0.2, 0.25) is 10.0 Å². The Morgan fingerprint density at radius 1 is 1.05 bits per heavy atom. The number of rotatable bonds is 5. The van der Waals surface area contributed by atoms with E-state index in [1.165, 1.54) is 5.56 Å². The Morgan fingerprint density at radius 2 is 1.62 bits per heavy atom. The van der Waals surface area contributed by atoms with Crippen molar-refractivity contribution in [2.24, 2.45) is 5.73 Å². The minimum absolute atomic E-state index is 0.264. The standard InChI is InChI=1S/C17H19Cl2NO/c1-2-11-6-8-12(9-7-11)17(21)13(10-20)16-14(18)4-3-5-15(16)19/h3-9,13,17,21H,2,10,20H2,1H3. The van der Waals surface area contributed by atoms with Crippen LogP contribution in [0.5, 0.6) is 0 Å². The van der Waals surface area contributed by atoms with Crippen molar-refractivity contribution in [3.8, 4) is 0 Å². The van der Waals surface area contributed by atoms with Gasteiger partial charge in [0.05, 0.1) is 6.10 Å². The molecule has 0 saturated carbocycles. The first-order chi connectivity index (χ1) is 10.1. The molecule has 0 radical (unpaired) electrons. The second-order valence-electron chi connectivity index (χ2n) is 5.02. The van der Waals surface area contributed by atoms with Gasteiger partial charge in [0.15, 0.2) is 0 Å². The first-order valence-electron chi connectivity index (χ1n) is 6.99. The fourth-order valence-electron chi connectivity index (χ4n) is 2.45. The van der Waals surface area contributed by atoms with Gasteiger partial charge in [-0.25, -0.2) is 0 Å². The Labute approximate surface area is 135 Å². The average molecular weight is 324 g/mol. The molecule has 0 fully saturated rings. The van der Waals surface area contributed by atoms with Crippen LogP contribution in [0, 0.1) is 0 Å². The second kappa shape index (κ2) is 7.28. The van der Waals surface area contributed by atoms with E-state index in [9.17, 15) is 5.11 Å². The van der Waals surface area contributed by atoms with Crippen molar-refractivity contribution in [2.75, 3.05) is 6.54 Å². The summed E-state index contributed by atoms with van der Waals surface area (Å²) in [5.41, 5.74) is 8.61. The number of halogens is 2. The zero-order valence-electron chi connectivity index (χ0n) is 11.9. The zero-order valence-corrected chi connectivity index (χ0v) is 13.4. The monoisotopic (exact) mass is 323 g/mol. The van der Waals surface area contributed by atoms with E-state index in [2.05, 4.69) is 6.92 Å².